The maximum Gasteiger partial charge on any atom is 0.149 e. The number of imidazole rings is 1. The molecular formula is C31H18N2O. The molecule has 6 bridgehead atoms. The van der Waals surface area contributed by atoms with Gasteiger partial charge in [-0.05, 0) is 52.6 Å². The molecule has 3 nitrogen and oxygen atoms in total. The van der Waals surface area contributed by atoms with Gasteiger partial charge in [-0.25, -0.2) is 4.98 Å². The van der Waals surface area contributed by atoms with Crippen molar-refractivity contribution in [1.82, 2.24) is 9.38 Å². The van der Waals surface area contributed by atoms with E-state index in [1.165, 1.54) is 10.8 Å². The Hall–Kier alpha value is -4.63. The van der Waals surface area contributed by atoms with Crippen molar-refractivity contribution in [2.24, 2.45) is 0 Å². The van der Waals surface area contributed by atoms with Crippen LogP contribution in [0.3, 0.4) is 0 Å². The molecule has 5 aromatic carbocycles. The average Bonchev–Trinajstić information content (AvgIpc) is 3.47. The highest BCUT2D eigenvalue weighted by Gasteiger charge is 2.14. The minimum absolute atomic E-state index is 0.869. The van der Waals surface area contributed by atoms with Crippen LogP contribution in [0.15, 0.2) is 114 Å². The summed E-state index contributed by atoms with van der Waals surface area (Å²) >= 11 is 0. The van der Waals surface area contributed by atoms with Crippen molar-refractivity contribution >= 4 is 71.1 Å². The fourth-order valence-corrected chi connectivity index (χ4v) is 5.38. The lowest BCUT2D eigenvalue weighted by Gasteiger charge is -2.02. The third-order valence-corrected chi connectivity index (χ3v) is 6.94. The first kappa shape index (κ1) is 17.9. The zero-order valence-corrected chi connectivity index (χ0v) is 18.2. The van der Waals surface area contributed by atoms with Crippen LogP contribution in [0.5, 0.6) is 0 Å². The number of aromatic nitrogens is 2. The second kappa shape index (κ2) is 6.46. The van der Waals surface area contributed by atoms with Gasteiger partial charge in [-0.15, -0.1) is 0 Å². The van der Waals surface area contributed by atoms with Crippen molar-refractivity contribution in [1.29, 1.82) is 0 Å². The molecule has 3 aromatic heterocycles. The van der Waals surface area contributed by atoms with E-state index in [1.54, 1.807) is 0 Å². The van der Waals surface area contributed by atoms with Crippen LogP contribution in [-0.2, 0) is 0 Å². The number of hydrogen-bond acceptors (Lipinski definition) is 2. The van der Waals surface area contributed by atoms with Crippen LogP contribution in [-0.4, -0.2) is 9.38 Å². The quantitative estimate of drug-likeness (QED) is 0.240. The molecule has 0 aliphatic rings. The third-order valence-electron chi connectivity index (χ3n) is 6.94. The Balaban J connectivity index is 1.81. The lowest BCUT2D eigenvalue weighted by Crippen LogP contribution is -1.85. The number of rotatable bonds is 0. The zero-order valence-electron chi connectivity index (χ0n) is 18.2. The van der Waals surface area contributed by atoms with Gasteiger partial charge < -0.3 is 4.42 Å². The van der Waals surface area contributed by atoms with Gasteiger partial charge in [0.1, 0.15) is 16.8 Å². The number of benzene rings is 5. The minimum atomic E-state index is 0.869. The van der Waals surface area contributed by atoms with Gasteiger partial charge in [-0.2, -0.15) is 0 Å². The van der Waals surface area contributed by atoms with Gasteiger partial charge in [-0.1, -0.05) is 72.8 Å². The van der Waals surface area contributed by atoms with E-state index < -0.39 is 0 Å². The Morgan fingerprint density at radius 3 is 2.06 bits per heavy atom. The third kappa shape index (κ3) is 2.33. The molecule has 0 radical (unpaired) electrons. The fraction of sp³-hybridized carbons (Fsp3) is 0. The van der Waals surface area contributed by atoms with E-state index in [4.69, 9.17) is 9.40 Å². The summed E-state index contributed by atoms with van der Waals surface area (Å²) < 4.78 is 8.94. The zero-order chi connectivity index (χ0) is 22.2. The molecular weight excluding hydrogens is 416 g/mol. The van der Waals surface area contributed by atoms with E-state index in [-0.39, 0.29) is 0 Å². The summed E-state index contributed by atoms with van der Waals surface area (Å²) in [6, 6.07) is 38.5. The summed E-state index contributed by atoms with van der Waals surface area (Å²) in [6.07, 6.45) is 0. The SMILES string of the molecule is c1cc2cc(c1)c1cccc3c4cccc(c4oc13)c1nc3ccccc3n1c1cccc2c1. The fourth-order valence-electron chi connectivity index (χ4n) is 5.38. The van der Waals surface area contributed by atoms with E-state index in [0.29, 0.717) is 0 Å². The topological polar surface area (TPSA) is 30.4 Å². The van der Waals surface area contributed by atoms with Crippen LogP contribution in [0.2, 0.25) is 0 Å². The van der Waals surface area contributed by atoms with Gasteiger partial charge in [0.25, 0.3) is 0 Å². The normalized spacial score (nSPS) is 12.1. The molecule has 0 aliphatic heterocycles. The Morgan fingerprint density at radius 2 is 1.18 bits per heavy atom. The van der Waals surface area contributed by atoms with Crippen molar-refractivity contribution in [3.05, 3.63) is 109 Å². The van der Waals surface area contributed by atoms with E-state index in [9.17, 15) is 0 Å². The van der Waals surface area contributed by atoms with Crippen LogP contribution >= 0.6 is 0 Å². The Labute approximate surface area is 194 Å². The van der Waals surface area contributed by atoms with Crippen molar-refractivity contribution in [3.8, 4) is 0 Å². The van der Waals surface area contributed by atoms with Crippen molar-refractivity contribution in [2.45, 2.75) is 0 Å². The Kier molecular flexibility index (Phi) is 3.39. The van der Waals surface area contributed by atoms with Crippen LogP contribution in [0.1, 0.15) is 0 Å². The largest absolute Gasteiger partial charge is 0.455 e. The first-order valence-corrected chi connectivity index (χ1v) is 11.5. The molecule has 8 rings (SSSR count). The predicted octanol–water partition coefficient (Wildman–Crippen LogP) is 8.41. The smallest absolute Gasteiger partial charge is 0.149 e. The summed E-state index contributed by atoms with van der Waals surface area (Å²) in [5.41, 5.74) is 5.79. The highest BCUT2D eigenvalue weighted by molar-refractivity contribution is 6.19. The molecule has 0 atom stereocenters. The summed E-state index contributed by atoms with van der Waals surface area (Å²) in [5.74, 6) is 0. The summed E-state index contributed by atoms with van der Waals surface area (Å²) in [5, 5.41) is 7.82. The number of fused-ring (bicyclic) bond motifs is 12. The molecule has 0 N–H and O–H groups in total. The van der Waals surface area contributed by atoms with Crippen LogP contribution in [0.25, 0.3) is 71.1 Å². The first-order chi connectivity index (χ1) is 16.8. The predicted molar refractivity (Wildman–Crippen MR) is 141 cm³/mol. The van der Waals surface area contributed by atoms with Crippen LogP contribution < -0.4 is 0 Å². The van der Waals surface area contributed by atoms with Gasteiger partial charge in [-0.3, -0.25) is 4.40 Å². The minimum Gasteiger partial charge on any atom is -0.455 e. The molecule has 0 amide bonds. The molecule has 0 spiro atoms. The average molecular weight is 434 g/mol. The van der Waals surface area contributed by atoms with E-state index in [0.717, 1.165) is 60.3 Å². The summed E-state index contributed by atoms with van der Waals surface area (Å²) in [6.45, 7) is 0. The van der Waals surface area contributed by atoms with Gasteiger partial charge in [0.15, 0.2) is 0 Å². The summed E-state index contributed by atoms with van der Waals surface area (Å²) in [7, 11) is 0. The molecule has 0 saturated heterocycles. The van der Waals surface area contributed by atoms with Gasteiger partial charge >= 0.3 is 0 Å². The Bertz CT molecular complexity index is 2130. The molecule has 0 unspecified atom stereocenters. The lowest BCUT2D eigenvalue weighted by atomic mass is 10.0. The van der Waals surface area contributed by atoms with Crippen molar-refractivity contribution < 1.29 is 4.42 Å². The molecule has 158 valence electrons. The molecule has 0 aliphatic carbocycles. The maximum atomic E-state index is 6.69. The second-order valence-corrected chi connectivity index (χ2v) is 8.86. The van der Waals surface area contributed by atoms with Crippen LogP contribution in [0.4, 0.5) is 0 Å². The maximum absolute atomic E-state index is 6.69. The van der Waals surface area contributed by atoms with Crippen molar-refractivity contribution in [2.75, 3.05) is 0 Å². The van der Waals surface area contributed by atoms with E-state index in [2.05, 4.69) is 108 Å². The highest BCUT2D eigenvalue weighted by Crippen LogP contribution is 2.37. The number of hydrogen-bond donors (Lipinski definition) is 0. The molecule has 34 heavy (non-hydrogen) atoms. The van der Waals surface area contributed by atoms with E-state index in [1.807, 2.05) is 6.07 Å². The summed E-state index contributed by atoms with van der Waals surface area (Å²) in [4.78, 5) is 5.10. The molecule has 0 fully saturated rings. The van der Waals surface area contributed by atoms with Gasteiger partial charge in [0, 0.05) is 21.7 Å². The second-order valence-electron chi connectivity index (χ2n) is 8.86. The first-order valence-electron chi connectivity index (χ1n) is 11.5. The Morgan fingerprint density at radius 1 is 0.529 bits per heavy atom. The monoisotopic (exact) mass is 434 g/mol. The van der Waals surface area contributed by atoms with Gasteiger partial charge in [0.05, 0.1) is 16.4 Å². The molecule has 3 heteroatoms. The van der Waals surface area contributed by atoms with E-state index >= 15 is 0 Å². The van der Waals surface area contributed by atoms with Gasteiger partial charge in [0.2, 0.25) is 0 Å². The standard InChI is InChI=1S/C31H18N2O/c1-2-16-28-27(15-1)32-31-26-14-6-13-25-24-12-5-11-23(29(24)34-30(25)26)21-9-3-7-19(17-21)20-8-4-10-22(18-20)33(28)31/h1-18H. The molecule has 8 aromatic rings. The van der Waals surface area contributed by atoms with Crippen LogP contribution in [0, 0.1) is 0 Å². The number of para-hydroxylation sites is 4. The lowest BCUT2D eigenvalue weighted by molar-refractivity contribution is 0.676. The number of nitrogens with zero attached hydrogens (tertiary/aromatic N) is 2. The molecule has 0 saturated carbocycles. The number of furan rings is 1. The van der Waals surface area contributed by atoms with Crippen molar-refractivity contribution in [3.63, 3.8) is 0 Å². The highest BCUT2D eigenvalue weighted by atomic mass is 16.3. The molecule has 3 heterocycles.